The second-order valence-electron chi connectivity index (χ2n) is 5.39. The van der Waals surface area contributed by atoms with Gasteiger partial charge in [-0.1, -0.05) is 0 Å². The highest BCUT2D eigenvalue weighted by atomic mass is 16.5. The normalized spacial score (nSPS) is 23.1. The Hall–Kier alpha value is -1.49. The third-order valence-electron chi connectivity index (χ3n) is 3.69. The van der Waals surface area contributed by atoms with Crippen LogP contribution in [0.25, 0.3) is 0 Å². The van der Waals surface area contributed by atoms with Gasteiger partial charge in [-0.15, -0.1) is 0 Å². The summed E-state index contributed by atoms with van der Waals surface area (Å²) in [6, 6.07) is 0. The van der Waals surface area contributed by atoms with Crippen LogP contribution in [0, 0.1) is 12.8 Å². The summed E-state index contributed by atoms with van der Waals surface area (Å²) in [6.07, 6.45) is 5.91. The molecule has 2 fully saturated rings. The summed E-state index contributed by atoms with van der Waals surface area (Å²) in [4.78, 5) is 20.9. The van der Waals surface area contributed by atoms with Crippen molar-refractivity contribution in [3.63, 3.8) is 0 Å². The predicted molar refractivity (Wildman–Crippen MR) is 70.9 cm³/mol. The summed E-state index contributed by atoms with van der Waals surface area (Å²) in [6.45, 7) is 3.18. The summed E-state index contributed by atoms with van der Waals surface area (Å²) < 4.78 is 5.36. The topological polar surface area (TPSA) is 64.1 Å². The molecule has 2 aliphatic rings. The van der Waals surface area contributed by atoms with Gasteiger partial charge in [0, 0.05) is 12.5 Å². The fourth-order valence-electron chi connectivity index (χ4n) is 2.43. The number of aryl methyl sites for hydroxylation is 1. The Morgan fingerprint density at radius 3 is 2.95 bits per heavy atom. The van der Waals surface area contributed by atoms with Crippen molar-refractivity contribution in [2.24, 2.45) is 5.92 Å². The lowest BCUT2D eigenvalue weighted by molar-refractivity contribution is -0.123. The van der Waals surface area contributed by atoms with E-state index in [0.717, 1.165) is 49.5 Å². The summed E-state index contributed by atoms with van der Waals surface area (Å²) in [5.74, 6) is 1.26. The van der Waals surface area contributed by atoms with E-state index in [-0.39, 0.29) is 11.8 Å². The molecule has 3 rings (SSSR count). The third-order valence-corrected chi connectivity index (χ3v) is 3.69. The third kappa shape index (κ3) is 2.92. The van der Waals surface area contributed by atoms with Crippen molar-refractivity contribution in [3.05, 3.63) is 17.7 Å². The lowest BCUT2D eigenvalue weighted by Crippen LogP contribution is -2.30. The molecule has 5 nitrogen and oxygen atoms in total. The average Bonchev–Trinajstić information content (AvgIpc) is 3.26. The first kappa shape index (κ1) is 12.5. The predicted octanol–water partition coefficient (Wildman–Crippen LogP) is 2.03. The Balaban J connectivity index is 1.73. The van der Waals surface area contributed by atoms with Crippen molar-refractivity contribution >= 4 is 11.6 Å². The van der Waals surface area contributed by atoms with Crippen LogP contribution in [0.15, 0.2) is 6.20 Å². The number of aromatic nitrogens is 2. The van der Waals surface area contributed by atoms with Crippen molar-refractivity contribution in [2.45, 2.75) is 38.5 Å². The van der Waals surface area contributed by atoms with E-state index in [1.54, 1.807) is 6.20 Å². The molecule has 5 heteroatoms. The second kappa shape index (κ2) is 5.25. The summed E-state index contributed by atoms with van der Waals surface area (Å²) in [5, 5.41) is 2.98. The number of anilines is 1. The van der Waals surface area contributed by atoms with E-state index in [1.807, 2.05) is 6.92 Å². The van der Waals surface area contributed by atoms with Crippen LogP contribution < -0.4 is 5.32 Å². The van der Waals surface area contributed by atoms with E-state index < -0.39 is 0 Å². The Kier molecular flexibility index (Phi) is 3.46. The minimum absolute atomic E-state index is 0.0362. The maximum atomic E-state index is 12.2. The summed E-state index contributed by atoms with van der Waals surface area (Å²) >= 11 is 0. The van der Waals surface area contributed by atoms with Gasteiger partial charge in [-0.25, -0.2) is 9.97 Å². The number of amides is 1. The minimum atomic E-state index is -0.0397. The van der Waals surface area contributed by atoms with E-state index in [2.05, 4.69) is 15.3 Å². The zero-order chi connectivity index (χ0) is 13.2. The quantitative estimate of drug-likeness (QED) is 0.904. The Morgan fingerprint density at radius 2 is 2.26 bits per heavy atom. The average molecular weight is 261 g/mol. The Morgan fingerprint density at radius 1 is 1.42 bits per heavy atom. The van der Waals surface area contributed by atoms with Crippen LogP contribution in [-0.2, 0) is 9.53 Å². The molecule has 19 heavy (non-hydrogen) atoms. The van der Waals surface area contributed by atoms with Crippen LogP contribution in [0.2, 0.25) is 0 Å². The molecule has 1 aliphatic heterocycles. The van der Waals surface area contributed by atoms with E-state index in [1.165, 1.54) is 0 Å². The van der Waals surface area contributed by atoms with Crippen LogP contribution in [0.3, 0.4) is 0 Å². The van der Waals surface area contributed by atoms with Crippen molar-refractivity contribution in [3.8, 4) is 0 Å². The number of nitrogens with zero attached hydrogens (tertiary/aromatic N) is 2. The minimum Gasteiger partial charge on any atom is -0.381 e. The molecule has 102 valence electrons. The second-order valence-corrected chi connectivity index (χ2v) is 5.39. The molecular formula is C14H19N3O2. The van der Waals surface area contributed by atoms with Gasteiger partial charge in [0.25, 0.3) is 0 Å². The van der Waals surface area contributed by atoms with Gasteiger partial charge in [0.15, 0.2) is 0 Å². The van der Waals surface area contributed by atoms with Crippen molar-refractivity contribution in [1.29, 1.82) is 0 Å². The summed E-state index contributed by atoms with van der Waals surface area (Å²) in [7, 11) is 0. The zero-order valence-electron chi connectivity index (χ0n) is 11.2. The highest BCUT2D eigenvalue weighted by Gasteiger charge is 2.30. The van der Waals surface area contributed by atoms with Gasteiger partial charge >= 0.3 is 0 Å². The molecule has 1 atom stereocenters. The van der Waals surface area contributed by atoms with Crippen molar-refractivity contribution in [1.82, 2.24) is 9.97 Å². The first-order chi connectivity index (χ1) is 9.24. The van der Waals surface area contributed by atoms with Gasteiger partial charge in [0.2, 0.25) is 5.91 Å². The maximum absolute atomic E-state index is 12.2. The number of carbonyl (C=O) groups excluding carboxylic acids is 1. The first-order valence-electron chi connectivity index (χ1n) is 6.96. The maximum Gasteiger partial charge on any atom is 0.229 e. The molecule has 1 saturated carbocycles. The molecule has 1 N–H and O–H groups in total. The molecule has 0 spiro atoms. The van der Waals surface area contributed by atoms with Crippen LogP contribution in [0.5, 0.6) is 0 Å². The van der Waals surface area contributed by atoms with Gasteiger partial charge in [-0.2, -0.15) is 0 Å². The van der Waals surface area contributed by atoms with E-state index in [0.29, 0.717) is 12.5 Å². The number of ether oxygens (including phenoxy) is 1. The molecule has 1 aromatic rings. The van der Waals surface area contributed by atoms with Crippen molar-refractivity contribution in [2.75, 3.05) is 18.5 Å². The fraction of sp³-hybridized carbons (Fsp3) is 0.643. The Labute approximate surface area is 112 Å². The number of hydrogen-bond donors (Lipinski definition) is 1. The first-order valence-corrected chi connectivity index (χ1v) is 6.96. The SMILES string of the molecule is Cc1ncc(NC(=O)[C@@H]2CCCOC2)c(C2CC2)n1. The number of carbonyl (C=O) groups is 1. The highest BCUT2D eigenvalue weighted by molar-refractivity contribution is 5.93. The molecule has 1 amide bonds. The number of nitrogens with one attached hydrogen (secondary N) is 1. The van der Waals surface area contributed by atoms with E-state index >= 15 is 0 Å². The highest BCUT2D eigenvalue weighted by Crippen LogP contribution is 2.42. The molecule has 0 aromatic carbocycles. The molecule has 0 unspecified atom stereocenters. The van der Waals surface area contributed by atoms with Gasteiger partial charge < -0.3 is 10.1 Å². The van der Waals surface area contributed by atoms with E-state index in [9.17, 15) is 4.79 Å². The lowest BCUT2D eigenvalue weighted by Gasteiger charge is -2.21. The zero-order valence-corrected chi connectivity index (χ0v) is 11.2. The molecule has 2 heterocycles. The van der Waals surface area contributed by atoms with Crippen LogP contribution in [-0.4, -0.2) is 29.1 Å². The van der Waals surface area contributed by atoms with Crippen LogP contribution >= 0.6 is 0 Å². The molecule has 1 saturated heterocycles. The van der Waals surface area contributed by atoms with Gasteiger partial charge in [0.1, 0.15) is 5.82 Å². The fourth-order valence-corrected chi connectivity index (χ4v) is 2.43. The lowest BCUT2D eigenvalue weighted by atomic mass is 10.0. The molecular weight excluding hydrogens is 242 g/mol. The molecule has 0 bridgehead atoms. The number of hydrogen-bond acceptors (Lipinski definition) is 4. The largest absolute Gasteiger partial charge is 0.381 e. The number of rotatable bonds is 3. The van der Waals surface area contributed by atoms with Crippen molar-refractivity contribution < 1.29 is 9.53 Å². The molecule has 1 aromatic heterocycles. The smallest absolute Gasteiger partial charge is 0.229 e. The van der Waals surface area contributed by atoms with Crippen LogP contribution in [0.1, 0.15) is 43.1 Å². The van der Waals surface area contributed by atoms with Gasteiger partial charge in [0.05, 0.1) is 30.1 Å². The van der Waals surface area contributed by atoms with E-state index in [4.69, 9.17) is 4.74 Å². The standard InChI is InChI=1S/C14H19N3O2/c1-9-15-7-12(13(16-9)10-4-5-10)17-14(18)11-3-2-6-19-8-11/h7,10-11H,2-6,8H2,1H3,(H,17,18)/t11-/m1/s1. The molecule has 1 aliphatic carbocycles. The summed E-state index contributed by atoms with van der Waals surface area (Å²) in [5.41, 5.74) is 1.78. The van der Waals surface area contributed by atoms with Gasteiger partial charge in [-0.05, 0) is 32.6 Å². The van der Waals surface area contributed by atoms with Gasteiger partial charge in [-0.3, -0.25) is 4.79 Å². The Bertz CT molecular complexity index is 480. The monoisotopic (exact) mass is 261 g/mol. The molecule has 0 radical (unpaired) electrons. The van der Waals surface area contributed by atoms with Crippen LogP contribution in [0.4, 0.5) is 5.69 Å².